The van der Waals surface area contributed by atoms with E-state index in [-0.39, 0.29) is 17.1 Å². The maximum atomic E-state index is 12.0. The lowest BCUT2D eigenvalue weighted by Crippen LogP contribution is -2.51. The lowest BCUT2D eigenvalue weighted by molar-refractivity contribution is -0.148. The fourth-order valence-corrected chi connectivity index (χ4v) is 4.36. The molecule has 0 amide bonds. The normalized spacial score (nSPS) is 35.3. The number of aliphatic hydroxyl groups is 1. The highest BCUT2D eigenvalue weighted by Gasteiger charge is 2.60. The van der Waals surface area contributed by atoms with Crippen LogP contribution < -0.4 is 4.74 Å². The molecule has 1 saturated carbocycles. The maximum absolute atomic E-state index is 12.0. The standard InChI is InChI=1S/C17H22O3/c1-11(18)17(19)9-7-15-14-5-4-13(20-3)10-12(14)6-8-16(15,17)2/h4-5,10,15,19H,6-9H2,1-3H3. The number of aryl methyl sites for hydroxylation is 1. The summed E-state index contributed by atoms with van der Waals surface area (Å²) >= 11 is 0. The molecule has 20 heavy (non-hydrogen) atoms. The van der Waals surface area contributed by atoms with Crippen molar-refractivity contribution in [1.82, 2.24) is 0 Å². The first-order valence-electron chi connectivity index (χ1n) is 7.32. The summed E-state index contributed by atoms with van der Waals surface area (Å²) in [7, 11) is 1.68. The summed E-state index contributed by atoms with van der Waals surface area (Å²) in [6.45, 7) is 3.61. The minimum absolute atomic E-state index is 0.0838. The molecule has 2 aliphatic carbocycles. The first-order chi connectivity index (χ1) is 9.42. The number of ketones is 1. The third-order valence-corrected chi connectivity index (χ3v) is 5.73. The van der Waals surface area contributed by atoms with Crippen LogP contribution in [0.25, 0.3) is 0 Å². The zero-order valence-corrected chi connectivity index (χ0v) is 12.4. The number of carbonyl (C=O) groups excluding carboxylic acids is 1. The summed E-state index contributed by atoms with van der Waals surface area (Å²) in [6, 6.07) is 6.19. The van der Waals surface area contributed by atoms with Gasteiger partial charge in [-0.25, -0.2) is 0 Å². The van der Waals surface area contributed by atoms with Crippen LogP contribution in [0.15, 0.2) is 18.2 Å². The molecule has 0 radical (unpaired) electrons. The highest BCUT2D eigenvalue weighted by molar-refractivity contribution is 5.86. The number of rotatable bonds is 2. The van der Waals surface area contributed by atoms with Crippen molar-refractivity contribution in [3.63, 3.8) is 0 Å². The number of carbonyl (C=O) groups is 1. The van der Waals surface area contributed by atoms with Crippen molar-refractivity contribution in [3.05, 3.63) is 29.3 Å². The van der Waals surface area contributed by atoms with E-state index in [1.807, 2.05) is 6.07 Å². The molecule has 0 spiro atoms. The SMILES string of the molecule is COc1ccc2c(c1)CCC1(C)C2CCC1(O)C(C)=O. The predicted octanol–water partition coefficient (Wildman–Crippen LogP) is 2.85. The van der Waals surface area contributed by atoms with Gasteiger partial charge in [0.15, 0.2) is 5.78 Å². The molecule has 0 heterocycles. The molecule has 3 rings (SSSR count). The first kappa shape index (κ1) is 13.6. The Morgan fingerprint density at radius 1 is 1.40 bits per heavy atom. The van der Waals surface area contributed by atoms with Crippen LogP contribution in [0.3, 0.4) is 0 Å². The molecule has 1 aromatic carbocycles. The Hall–Kier alpha value is -1.35. The van der Waals surface area contributed by atoms with Gasteiger partial charge in [-0.2, -0.15) is 0 Å². The van der Waals surface area contributed by atoms with Crippen LogP contribution in [0.4, 0.5) is 0 Å². The minimum Gasteiger partial charge on any atom is -0.497 e. The van der Waals surface area contributed by atoms with Crippen LogP contribution in [0, 0.1) is 5.41 Å². The van der Waals surface area contributed by atoms with Crippen molar-refractivity contribution < 1.29 is 14.6 Å². The van der Waals surface area contributed by atoms with Crippen molar-refractivity contribution in [2.45, 2.75) is 51.0 Å². The van der Waals surface area contributed by atoms with E-state index in [0.29, 0.717) is 6.42 Å². The van der Waals surface area contributed by atoms with Crippen molar-refractivity contribution >= 4 is 5.78 Å². The predicted molar refractivity (Wildman–Crippen MR) is 77.0 cm³/mol. The molecule has 1 fully saturated rings. The average Bonchev–Trinajstić information content (AvgIpc) is 2.72. The summed E-state index contributed by atoms with van der Waals surface area (Å²) in [5.74, 6) is 1.07. The molecule has 0 aliphatic heterocycles. The fraction of sp³-hybridized carbons (Fsp3) is 0.588. The van der Waals surface area contributed by atoms with E-state index >= 15 is 0 Å². The van der Waals surface area contributed by atoms with E-state index in [4.69, 9.17) is 4.74 Å². The van der Waals surface area contributed by atoms with E-state index in [1.54, 1.807) is 7.11 Å². The molecule has 3 atom stereocenters. The molecular weight excluding hydrogens is 252 g/mol. The molecule has 3 heteroatoms. The van der Waals surface area contributed by atoms with Gasteiger partial charge in [-0.15, -0.1) is 0 Å². The van der Waals surface area contributed by atoms with Gasteiger partial charge >= 0.3 is 0 Å². The van der Waals surface area contributed by atoms with Crippen LogP contribution in [0.5, 0.6) is 5.75 Å². The summed E-state index contributed by atoms with van der Waals surface area (Å²) in [5.41, 5.74) is 1.10. The van der Waals surface area contributed by atoms with Gasteiger partial charge in [-0.05, 0) is 61.8 Å². The van der Waals surface area contributed by atoms with E-state index in [0.717, 1.165) is 25.0 Å². The number of hydrogen-bond acceptors (Lipinski definition) is 3. The van der Waals surface area contributed by atoms with Gasteiger partial charge in [0, 0.05) is 5.41 Å². The highest BCUT2D eigenvalue weighted by Crippen LogP contribution is 2.60. The quantitative estimate of drug-likeness (QED) is 0.902. The fourth-order valence-electron chi connectivity index (χ4n) is 4.36. The molecule has 0 saturated heterocycles. The average molecular weight is 274 g/mol. The Morgan fingerprint density at radius 2 is 2.15 bits per heavy atom. The van der Waals surface area contributed by atoms with Crippen LogP contribution in [0.2, 0.25) is 0 Å². The first-order valence-corrected chi connectivity index (χ1v) is 7.32. The zero-order valence-electron chi connectivity index (χ0n) is 12.4. The summed E-state index contributed by atoms with van der Waals surface area (Å²) in [6.07, 6.45) is 3.21. The molecule has 1 N–H and O–H groups in total. The maximum Gasteiger partial charge on any atom is 0.161 e. The monoisotopic (exact) mass is 274 g/mol. The summed E-state index contributed by atoms with van der Waals surface area (Å²) < 4.78 is 5.29. The van der Waals surface area contributed by atoms with Gasteiger partial charge in [0.2, 0.25) is 0 Å². The number of Topliss-reactive ketones (excluding diaryl/α,β-unsaturated/α-hetero) is 1. The Morgan fingerprint density at radius 3 is 2.80 bits per heavy atom. The minimum atomic E-state index is -1.16. The summed E-state index contributed by atoms with van der Waals surface area (Å²) in [5, 5.41) is 10.9. The van der Waals surface area contributed by atoms with Crippen molar-refractivity contribution in [1.29, 1.82) is 0 Å². The zero-order chi connectivity index (χ0) is 14.5. The molecule has 2 aliphatic rings. The number of fused-ring (bicyclic) bond motifs is 3. The highest BCUT2D eigenvalue weighted by atomic mass is 16.5. The molecule has 1 aromatic rings. The lowest BCUT2D eigenvalue weighted by atomic mass is 9.61. The Kier molecular flexibility index (Phi) is 2.94. The molecule has 0 bridgehead atoms. The Labute approximate surface area is 120 Å². The van der Waals surface area contributed by atoms with Gasteiger partial charge in [0.05, 0.1) is 7.11 Å². The van der Waals surface area contributed by atoms with Crippen LogP contribution in [-0.4, -0.2) is 23.6 Å². The van der Waals surface area contributed by atoms with Gasteiger partial charge in [-0.1, -0.05) is 13.0 Å². The van der Waals surface area contributed by atoms with Gasteiger partial charge in [-0.3, -0.25) is 4.79 Å². The third kappa shape index (κ3) is 1.59. The van der Waals surface area contributed by atoms with Gasteiger partial charge < -0.3 is 9.84 Å². The molecule has 3 nitrogen and oxygen atoms in total. The Bertz CT molecular complexity index is 565. The van der Waals surface area contributed by atoms with E-state index in [1.165, 1.54) is 18.1 Å². The lowest BCUT2D eigenvalue weighted by Gasteiger charge is -2.45. The van der Waals surface area contributed by atoms with Crippen LogP contribution in [0.1, 0.15) is 50.2 Å². The van der Waals surface area contributed by atoms with Crippen LogP contribution >= 0.6 is 0 Å². The third-order valence-electron chi connectivity index (χ3n) is 5.73. The van der Waals surface area contributed by atoms with Gasteiger partial charge in [0.1, 0.15) is 11.4 Å². The van der Waals surface area contributed by atoms with Crippen molar-refractivity contribution in [3.8, 4) is 5.75 Å². The van der Waals surface area contributed by atoms with Crippen molar-refractivity contribution in [2.75, 3.05) is 7.11 Å². The molecule has 108 valence electrons. The number of ether oxygens (including phenoxy) is 1. The van der Waals surface area contributed by atoms with E-state index in [2.05, 4.69) is 19.1 Å². The number of hydrogen-bond donors (Lipinski definition) is 1. The summed E-state index contributed by atoms with van der Waals surface area (Å²) in [4.78, 5) is 12.0. The number of methoxy groups -OCH3 is 1. The molecule has 0 aromatic heterocycles. The number of benzene rings is 1. The largest absolute Gasteiger partial charge is 0.497 e. The Balaban J connectivity index is 2.06. The molecule has 3 unspecified atom stereocenters. The molecular formula is C17H22O3. The second-order valence-electron chi connectivity index (χ2n) is 6.49. The van der Waals surface area contributed by atoms with Gasteiger partial charge in [0.25, 0.3) is 0 Å². The van der Waals surface area contributed by atoms with E-state index in [9.17, 15) is 9.90 Å². The van der Waals surface area contributed by atoms with Crippen LogP contribution in [-0.2, 0) is 11.2 Å². The second kappa shape index (κ2) is 4.32. The second-order valence-corrected chi connectivity index (χ2v) is 6.49. The topological polar surface area (TPSA) is 46.5 Å². The van der Waals surface area contributed by atoms with E-state index < -0.39 is 5.60 Å². The smallest absolute Gasteiger partial charge is 0.161 e. The van der Waals surface area contributed by atoms with Crippen molar-refractivity contribution in [2.24, 2.45) is 5.41 Å².